The van der Waals surface area contributed by atoms with Crippen molar-refractivity contribution in [1.82, 2.24) is 5.32 Å². The molecule has 1 atom stereocenters. The van der Waals surface area contributed by atoms with Gasteiger partial charge in [0.1, 0.15) is 17.1 Å². The molecule has 2 N–H and O–H groups in total. The van der Waals surface area contributed by atoms with Crippen LogP contribution in [0.2, 0.25) is 0 Å². The topological polar surface area (TPSA) is 62.5 Å². The van der Waals surface area contributed by atoms with Gasteiger partial charge in [-0.25, -0.2) is 4.79 Å². The van der Waals surface area contributed by atoms with Gasteiger partial charge >= 0.3 is 5.97 Å². The molecule has 0 aliphatic rings. The zero-order valence-corrected chi connectivity index (χ0v) is 10.6. The second-order valence-corrected chi connectivity index (χ2v) is 4.94. The molecule has 0 fully saturated rings. The molecule has 0 aliphatic carbocycles. The quantitative estimate of drug-likeness (QED) is 0.801. The molecule has 0 spiro atoms. The summed E-state index contributed by atoms with van der Waals surface area (Å²) in [5.41, 5.74) is 0.245. The minimum Gasteiger partial charge on any atom is -0.478 e. The van der Waals surface area contributed by atoms with Crippen LogP contribution in [0.4, 0.5) is 0 Å². The Morgan fingerprint density at radius 3 is 2.88 bits per heavy atom. The second-order valence-electron chi connectivity index (χ2n) is 3.66. The first-order chi connectivity index (χ1) is 7.54. The lowest BCUT2D eigenvalue weighted by molar-refractivity contribution is 0.0695. The highest BCUT2D eigenvalue weighted by Gasteiger charge is 2.13. The molecule has 1 heterocycles. The zero-order chi connectivity index (χ0) is 12.1. The highest BCUT2D eigenvalue weighted by atomic mass is 32.2. The molecule has 0 saturated heterocycles. The average molecular weight is 243 g/mol. The number of thioether (sulfide) groups is 1. The summed E-state index contributed by atoms with van der Waals surface area (Å²) in [4.78, 5) is 10.8. The van der Waals surface area contributed by atoms with E-state index < -0.39 is 5.97 Å². The Morgan fingerprint density at radius 1 is 1.69 bits per heavy atom. The molecular weight excluding hydrogens is 226 g/mol. The SMILES string of the molecule is CSC(C)CNCc1cc(C(=O)O)c(C)o1. The van der Waals surface area contributed by atoms with E-state index in [0.29, 0.717) is 23.3 Å². The summed E-state index contributed by atoms with van der Waals surface area (Å²) in [7, 11) is 0. The molecule has 0 saturated carbocycles. The number of hydrogen-bond donors (Lipinski definition) is 2. The van der Waals surface area contributed by atoms with E-state index in [-0.39, 0.29) is 5.56 Å². The Labute approximate surface area is 99.4 Å². The van der Waals surface area contributed by atoms with Crippen molar-refractivity contribution < 1.29 is 14.3 Å². The van der Waals surface area contributed by atoms with Crippen LogP contribution in [0.5, 0.6) is 0 Å². The average Bonchev–Trinajstić information content (AvgIpc) is 2.59. The third kappa shape index (κ3) is 3.57. The van der Waals surface area contributed by atoms with E-state index >= 15 is 0 Å². The normalized spacial score (nSPS) is 12.7. The van der Waals surface area contributed by atoms with E-state index in [0.717, 1.165) is 6.54 Å². The van der Waals surface area contributed by atoms with Gasteiger partial charge in [-0.2, -0.15) is 11.8 Å². The number of carboxylic acid groups (broad SMARTS) is 1. The van der Waals surface area contributed by atoms with Crippen molar-refractivity contribution in [3.63, 3.8) is 0 Å². The van der Waals surface area contributed by atoms with Crippen molar-refractivity contribution in [2.45, 2.75) is 25.6 Å². The maximum atomic E-state index is 10.8. The highest BCUT2D eigenvalue weighted by Crippen LogP contribution is 2.14. The van der Waals surface area contributed by atoms with Crippen molar-refractivity contribution in [2.75, 3.05) is 12.8 Å². The number of carboxylic acids is 1. The lowest BCUT2D eigenvalue weighted by atomic mass is 10.2. The van der Waals surface area contributed by atoms with Gasteiger partial charge in [0.2, 0.25) is 0 Å². The monoisotopic (exact) mass is 243 g/mol. The number of rotatable bonds is 6. The molecule has 1 aromatic heterocycles. The predicted molar refractivity (Wildman–Crippen MR) is 65.1 cm³/mol. The predicted octanol–water partition coefficient (Wildman–Crippen LogP) is 2.13. The number of carbonyl (C=O) groups is 1. The van der Waals surface area contributed by atoms with Gasteiger partial charge in [0.25, 0.3) is 0 Å². The minimum atomic E-state index is -0.940. The zero-order valence-electron chi connectivity index (χ0n) is 9.74. The van der Waals surface area contributed by atoms with Gasteiger partial charge in [0.15, 0.2) is 0 Å². The molecule has 90 valence electrons. The molecule has 0 radical (unpaired) electrons. The van der Waals surface area contributed by atoms with Gasteiger partial charge in [-0.15, -0.1) is 0 Å². The number of hydrogen-bond acceptors (Lipinski definition) is 4. The summed E-state index contributed by atoms with van der Waals surface area (Å²) < 4.78 is 5.34. The molecule has 0 aromatic carbocycles. The first-order valence-electron chi connectivity index (χ1n) is 5.10. The van der Waals surface area contributed by atoms with Crippen LogP contribution in [0, 0.1) is 6.92 Å². The Balaban J connectivity index is 2.49. The van der Waals surface area contributed by atoms with E-state index in [4.69, 9.17) is 9.52 Å². The summed E-state index contributed by atoms with van der Waals surface area (Å²) in [6.45, 7) is 5.24. The Kier molecular flexibility index (Phi) is 4.89. The molecule has 0 bridgehead atoms. The molecule has 1 aromatic rings. The molecule has 1 rings (SSSR count). The largest absolute Gasteiger partial charge is 0.478 e. The summed E-state index contributed by atoms with van der Waals surface area (Å²) in [5, 5.41) is 12.6. The number of aryl methyl sites for hydroxylation is 1. The lowest BCUT2D eigenvalue weighted by Crippen LogP contribution is -2.21. The number of aromatic carboxylic acids is 1. The van der Waals surface area contributed by atoms with E-state index in [1.54, 1.807) is 24.8 Å². The summed E-state index contributed by atoms with van der Waals surface area (Å²) in [6.07, 6.45) is 2.06. The third-order valence-electron chi connectivity index (χ3n) is 2.33. The van der Waals surface area contributed by atoms with Gasteiger partial charge < -0.3 is 14.8 Å². The minimum absolute atomic E-state index is 0.245. The lowest BCUT2D eigenvalue weighted by Gasteiger charge is -2.07. The van der Waals surface area contributed by atoms with Crippen molar-refractivity contribution in [1.29, 1.82) is 0 Å². The Morgan fingerprint density at radius 2 is 2.38 bits per heavy atom. The first-order valence-corrected chi connectivity index (χ1v) is 6.39. The van der Waals surface area contributed by atoms with Crippen LogP contribution < -0.4 is 5.32 Å². The van der Waals surface area contributed by atoms with Crippen molar-refractivity contribution in [2.24, 2.45) is 0 Å². The van der Waals surface area contributed by atoms with Gasteiger partial charge in [0, 0.05) is 11.8 Å². The second kappa shape index (κ2) is 5.96. The summed E-state index contributed by atoms with van der Waals surface area (Å²) >= 11 is 1.79. The van der Waals surface area contributed by atoms with E-state index in [9.17, 15) is 4.79 Å². The molecular formula is C11H17NO3S. The smallest absolute Gasteiger partial charge is 0.339 e. The van der Waals surface area contributed by atoms with Crippen LogP contribution in [0.3, 0.4) is 0 Å². The van der Waals surface area contributed by atoms with Crippen LogP contribution >= 0.6 is 11.8 Å². The van der Waals surface area contributed by atoms with E-state index in [1.165, 1.54) is 0 Å². The molecule has 4 nitrogen and oxygen atoms in total. The fourth-order valence-corrected chi connectivity index (χ4v) is 1.61. The van der Waals surface area contributed by atoms with Crippen LogP contribution in [0.15, 0.2) is 10.5 Å². The van der Waals surface area contributed by atoms with Crippen LogP contribution in [-0.4, -0.2) is 29.1 Å². The van der Waals surface area contributed by atoms with Gasteiger partial charge in [-0.3, -0.25) is 0 Å². The molecule has 1 unspecified atom stereocenters. The van der Waals surface area contributed by atoms with Crippen molar-refractivity contribution >= 4 is 17.7 Å². The molecule has 0 amide bonds. The number of nitrogens with one attached hydrogen (secondary N) is 1. The first kappa shape index (κ1) is 13.1. The third-order valence-corrected chi connectivity index (χ3v) is 3.30. The van der Waals surface area contributed by atoms with Crippen molar-refractivity contribution in [3.05, 3.63) is 23.2 Å². The van der Waals surface area contributed by atoms with Gasteiger partial charge in [-0.05, 0) is 19.2 Å². The summed E-state index contributed by atoms with van der Waals surface area (Å²) in [6, 6.07) is 1.58. The van der Waals surface area contributed by atoms with Gasteiger partial charge in [0.05, 0.1) is 6.54 Å². The Hall–Kier alpha value is -0.940. The fourth-order valence-electron chi connectivity index (χ4n) is 1.33. The summed E-state index contributed by atoms with van der Waals surface area (Å²) in [5.74, 6) is 0.190. The van der Waals surface area contributed by atoms with Crippen LogP contribution in [-0.2, 0) is 6.54 Å². The van der Waals surface area contributed by atoms with Crippen LogP contribution in [0.1, 0.15) is 28.8 Å². The highest BCUT2D eigenvalue weighted by molar-refractivity contribution is 7.99. The molecule has 5 heteroatoms. The maximum absolute atomic E-state index is 10.8. The van der Waals surface area contributed by atoms with E-state index in [2.05, 4.69) is 18.5 Å². The van der Waals surface area contributed by atoms with Gasteiger partial charge in [-0.1, -0.05) is 6.92 Å². The fraction of sp³-hybridized carbons (Fsp3) is 0.545. The number of furan rings is 1. The van der Waals surface area contributed by atoms with E-state index in [1.807, 2.05) is 0 Å². The van der Waals surface area contributed by atoms with Crippen LogP contribution in [0.25, 0.3) is 0 Å². The molecule has 16 heavy (non-hydrogen) atoms. The molecule has 0 aliphatic heterocycles. The standard InChI is InChI=1S/C11H17NO3S/c1-7(16-3)5-12-6-9-4-10(11(13)14)8(2)15-9/h4,7,12H,5-6H2,1-3H3,(H,13,14). The van der Waals surface area contributed by atoms with Crippen molar-refractivity contribution in [3.8, 4) is 0 Å². The maximum Gasteiger partial charge on any atom is 0.339 e. The Bertz CT molecular complexity index is 362.